The molecule has 6 heteroatoms. The summed E-state index contributed by atoms with van der Waals surface area (Å²) in [7, 11) is 0. The molecule has 0 unspecified atom stereocenters. The van der Waals surface area contributed by atoms with Crippen LogP contribution in [0.3, 0.4) is 0 Å². The van der Waals surface area contributed by atoms with E-state index in [-0.39, 0.29) is 5.75 Å². The summed E-state index contributed by atoms with van der Waals surface area (Å²) in [6.45, 7) is 0.339. The van der Waals surface area contributed by atoms with Crippen LogP contribution in [0.4, 0.5) is 20.6 Å². The number of carbonyl (C=O) groups is 1. The van der Waals surface area contributed by atoms with Gasteiger partial charge in [-0.05, 0) is 35.9 Å². The Hall–Kier alpha value is -2.76. The molecule has 0 saturated heterocycles. The minimum Gasteiger partial charge on any atom is -0.508 e. The topological polar surface area (TPSA) is 87.4 Å². The lowest BCUT2D eigenvalue weighted by atomic mass is 10.2. The number of hydrogen-bond acceptors (Lipinski definition) is 3. The Labute approximate surface area is 115 Å². The van der Waals surface area contributed by atoms with Gasteiger partial charge in [0, 0.05) is 24.0 Å². The molecule has 2 aromatic rings. The lowest BCUT2D eigenvalue weighted by Gasteiger charge is -2.09. The first-order valence-electron chi connectivity index (χ1n) is 5.92. The van der Waals surface area contributed by atoms with E-state index in [1.807, 2.05) is 0 Å². The standard InChI is InChI=1S/C14H14FN3O2/c15-10-4-9(5-13(19)6-10)8-17-11-2-1-3-12(7-11)18-14(16)20/h1-7,17,19H,8H2,(H3,16,18,20). The minimum absolute atomic E-state index is 0.119. The van der Waals surface area contributed by atoms with Gasteiger partial charge >= 0.3 is 6.03 Å². The first-order chi connectivity index (χ1) is 9.52. The summed E-state index contributed by atoms with van der Waals surface area (Å²) in [5, 5.41) is 14.8. The van der Waals surface area contributed by atoms with Gasteiger partial charge < -0.3 is 21.5 Å². The van der Waals surface area contributed by atoms with E-state index in [4.69, 9.17) is 5.73 Å². The smallest absolute Gasteiger partial charge is 0.316 e. The largest absolute Gasteiger partial charge is 0.508 e. The lowest BCUT2D eigenvalue weighted by Crippen LogP contribution is -2.19. The van der Waals surface area contributed by atoms with Gasteiger partial charge in [-0.2, -0.15) is 0 Å². The molecule has 0 aliphatic rings. The molecule has 5 nitrogen and oxygen atoms in total. The Balaban J connectivity index is 2.05. The van der Waals surface area contributed by atoms with Gasteiger partial charge in [-0.15, -0.1) is 0 Å². The van der Waals surface area contributed by atoms with Gasteiger partial charge in [0.25, 0.3) is 0 Å². The van der Waals surface area contributed by atoms with Crippen molar-refractivity contribution in [2.24, 2.45) is 5.73 Å². The summed E-state index contributed by atoms with van der Waals surface area (Å²) in [4.78, 5) is 10.8. The summed E-state index contributed by atoms with van der Waals surface area (Å²) < 4.78 is 13.1. The predicted octanol–water partition coefficient (Wildman–Crippen LogP) is 2.63. The van der Waals surface area contributed by atoms with Crippen LogP contribution in [0.1, 0.15) is 5.56 Å². The maximum atomic E-state index is 13.1. The number of rotatable bonds is 4. The van der Waals surface area contributed by atoms with Crippen LogP contribution >= 0.6 is 0 Å². The molecule has 0 saturated carbocycles. The Kier molecular flexibility index (Phi) is 4.05. The molecular formula is C14H14FN3O2. The first-order valence-corrected chi connectivity index (χ1v) is 5.92. The van der Waals surface area contributed by atoms with E-state index in [9.17, 15) is 14.3 Å². The Morgan fingerprint density at radius 3 is 2.65 bits per heavy atom. The number of hydrogen-bond donors (Lipinski definition) is 4. The average molecular weight is 275 g/mol. The first kappa shape index (κ1) is 13.7. The number of aromatic hydroxyl groups is 1. The third-order valence-corrected chi connectivity index (χ3v) is 2.57. The molecular weight excluding hydrogens is 261 g/mol. The number of anilines is 2. The van der Waals surface area contributed by atoms with E-state index >= 15 is 0 Å². The third kappa shape index (κ3) is 3.88. The predicted molar refractivity (Wildman–Crippen MR) is 75.0 cm³/mol. The van der Waals surface area contributed by atoms with Gasteiger partial charge in [-0.1, -0.05) is 6.07 Å². The Morgan fingerprint density at radius 2 is 1.95 bits per heavy atom. The molecule has 2 aromatic carbocycles. The van der Waals surface area contributed by atoms with Crippen LogP contribution in [0.5, 0.6) is 5.75 Å². The van der Waals surface area contributed by atoms with Gasteiger partial charge in [0.05, 0.1) is 0 Å². The van der Waals surface area contributed by atoms with Crippen molar-refractivity contribution in [2.75, 3.05) is 10.6 Å². The fourth-order valence-electron chi connectivity index (χ4n) is 1.79. The summed E-state index contributed by atoms with van der Waals surface area (Å²) in [6.07, 6.45) is 0. The normalized spacial score (nSPS) is 10.1. The van der Waals surface area contributed by atoms with Crippen molar-refractivity contribution in [2.45, 2.75) is 6.54 Å². The molecule has 0 aromatic heterocycles. The Morgan fingerprint density at radius 1 is 1.20 bits per heavy atom. The van der Waals surface area contributed by atoms with E-state index in [0.29, 0.717) is 17.8 Å². The van der Waals surface area contributed by atoms with Crippen LogP contribution in [0, 0.1) is 5.82 Å². The van der Waals surface area contributed by atoms with Crippen LogP contribution < -0.4 is 16.4 Å². The number of amides is 2. The summed E-state index contributed by atoms with van der Waals surface area (Å²) in [5.74, 6) is -0.614. The molecule has 104 valence electrons. The highest BCUT2D eigenvalue weighted by Crippen LogP contribution is 2.18. The molecule has 2 rings (SSSR count). The molecule has 0 fully saturated rings. The number of nitrogens with two attached hydrogens (primary N) is 1. The van der Waals surface area contributed by atoms with Gasteiger partial charge in [-0.3, -0.25) is 0 Å². The van der Waals surface area contributed by atoms with Crippen LogP contribution in [0.25, 0.3) is 0 Å². The molecule has 5 N–H and O–H groups in total. The van der Waals surface area contributed by atoms with Gasteiger partial charge in [0.2, 0.25) is 0 Å². The number of phenols is 1. The number of primary amides is 1. The molecule has 2 amide bonds. The SMILES string of the molecule is NC(=O)Nc1cccc(NCc2cc(O)cc(F)c2)c1. The molecule has 0 aliphatic heterocycles. The molecule has 20 heavy (non-hydrogen) atoms. The van der Waals surface area contributed by atoms with Crippen LogP contribution in [0.2, 0.25) is 0 Å². The molecule has 0 aliphatic carbocycles. The number of urea groups is 1. The lowest BCUT2D eigenvalue weighted by molar-refractivity contribution is 0.259. The van der Waals surface area contributed by atoms with Crippen molar-refractivity contribution >= 4 is 17.4 Å². The number of benzene rings is 2. The molecule has 0 atom stereocenters. The van der Waals surface area contributed by atoms with Crippen molar-refractivity contribution in [3.05, 3.63) is 53.8 Å². The Bertz CT molecular complexity index is 611. The van der Waals surface area contributed by atoms with E-state index in [0.717, 1.165) is 11.8 Å². The van der Waals surface area contributed by atoms with E-state index < -0.39 is 11.8 Å². The maximum Gasteiger partial charge on any atom is 0.316 e. The van der Waals surface area contributed by atoms with E-state index in [1.165, 1.54) is 12.1 Å². The van der Waals surface area contributed by atoms with Crippen molar-refractivity contribution in [3.63, 3.8) is 0 Å². The van der Waals surface area contributed by atoms with Crippen molar-refractivity contribution in [1.82, 2.24) is 0 Å². The van der Waals surface area contributed by atoms with Crippen molar-refractivity contribution in [1.29, 1.82) is 0 Å². The van der Waals surface area contributed by atoms with Crippen LogP contribution in [-0.4, -0.2) is 11.1 Å². The third-order valence-electron chi connectivity index (χ3n) is 2.57. The van der Waals surface area contributed by atoms with Gasteiger partial charge in [0.1, 0.15) is 11.6 Å². The molecule has 0 spiro atoms. The summed E-state index contributed by atoms with van der Waals surface area (Å²) >= 11 is 0. The molecule has 0 heterocycles. The molecule has 0 bridgehead atoms. The number of nitrogens with one attached hydrogen (secondary N) is 2. The van der Waals surface area contributed by atoms with E-state index in [2.05, 4.69) is 10.6 Å². The van der Waals surface area contributed by atoms with Crippen LogP contribution in [-0.2, 0) is 6.54 Å². The monoisotopic (exact) mass is 275 g/mol. The average Bonchev–Trinajstić information content (AvgIpc) is 2.35. The van der Waals surface area contributed by atoms with Crippen LogP contribution in [0.15, 0.2) is 42.5 Å². The zero-order valence-electron chi connectivity index (χ0n) is 10.6. The highest BCUT2D eigenvalue weighted by Gasteiger charge is 2.01. The van der Waals surface area contributed by atoms with Crippen molar-refractivity contribution in [3.8, 4) is 5.75 Å². The molecule has 0 radical (unpaired) electrons. The highest BCUT2D eigenvalue weighted by molar-refractivity contribution is 5.88. The number of halogens is 1. The quantitative estimate of drug-likeness (QED) is 0.691. The summed E-state index contributed by atoms with van der Waals surface area (Å²) in [5.41, 5.74) is 6.94. The second kappa shape index (κ2) is 5.92. The van der Waals surface area contributed by atoms with Crippen molar-refractivity contribution < 1.29 is 14.3 Å². The second-order valence-corrected chi connectivity index (χ2v) is 4.24. The highest BCUT2D eigenvalue weighted by atomic mass is 19.1. The number of carbonyl (C=O) groups excluding carboxylic acids is 1. The zero-order valence-corrected chi connectivity index (χ0v) is 10.6. The minimum atomic E-state index is -0.641. The maximum absolute atomic E-state index is 13.1. The van der Waals surface area contributed by atoms with Gasteiger partial charge in [-0.25, -0.2) is 9.18 Å². The zero-order chi connectivity index (χ0) is 14.5. The summed E-state index contributed by atoms with van der Waals surface area (Å²) in [6, 6.07) is 10.1. The number of phenolic OH excluding ortho intramolecular Hbond substituents is 1. The second-order valence-electron chi connectivity index (χ2n) is 4.24. The fourth-order valence-corrected chi connectivity index (χ4v) is 1.79. The van der Waals surface area contributed by atoms with Gasteiger partial charge in [0.15, 0.2) is 0 Å². The van der Waals surface area contributed by atoms with E-state index in [1.54, 1.807) is 24.3 Å². The fraction of sp³-hybridized carbons (Fsp3) is 0.0714.